The third-order valence-electron chi connectivity index (χ3n) is 8.30. The monoisotopic (exact) mass is 556 g/mol. The standard InChI is InChI=1S/C32H32N2O5S/c1-18-22(30(32(38)39-3)34-29(18)26(19(2)36)31(34)37)10-7-16-33-24-13-12-23(20-8-5-4-6-9-20)27-21(15-17-35)11-14-25(40-33)28(24)27/h4-14,18-19,26,29,35-36H,15-17H2,1-3H3/b10-7+. The number of aliphatic hydroxyl groups excluding tert-OH is 2. The maximum atomic E-state index is 12.8. The Morgan fingerprint density at radius 2 is 1.90 bits per heavy atom. The van der Waals surface area contributed by atoms with Crippen molar-refractivity contribution in [2.75, 3.05) is 24.6 Å². The minimum absolute atomic E-state index is 0.0821. The Morgan fingerprint density at radius 3 is 2.60 bits per heavy atom. The summed E-state index contributed by atoms with van der Waals surface area (Å²) in [5.74, 6) is -1.40. The summed E-state index contributed by atoms with van der Waals surface area (Å²) in [4.78, 5) is 28.2. The van der Waals surface area contributed by atoms with Crippen molar-refractivity contribution in [1.29, 1.82) is 0 Å². The predicted molar refractivity (Wildman–Crippen MR) is 157 cm³/mol. The van der Waals surface area contributed by atoms with Crippen molar-refractivity contribution in [2.45, 2.75) is 37.3 Å². The largest absolute Gasteiger partial charge is 0.464 e. The fraction of sp³-hybridized carbons (Fsp3) is 0.312. The summed E-state index contributed by atoms with van der Waals surface area (Å²) in [5.41, 5.74) is 5.55. The Hall–Kier alpha value is -3.59. The molecule has 3 aliphatic heterocycles. The van der Waals surface area contributed by atoms with E-state index in [4.69, 9.17) is 4.74 Å². The first-order chi connectivity index (χ1) is 19.4. The van der Waals surface area contributed by atoms with Crippen LogP contribution in [0.1, 0.15) is 19.4 Å². The average molecular weight is 557 g/mol. The molecule has 0 aromatic heterocycles. The van der Waals surface area contributed by atoms with Crippen molar-refractivity contribution < 1.29 is 24.5 Å². The summed E-state index contributed by atoms with van der Waals surface area (Å²) in [6, 6.07) is 18.6. The molecule has 1 saturated heterocycles. The molecule has 2 N–H and O–H groups in total. The number of methoxy groups -OCH3 is 1. The first kappa shape index (κ1) is 26.6. The number of aliphatic hydroxyl groups is 2. The normalized spacial score (nSPS) is 22.3. The van der Waals surface area contributed by atoms with Crippen molar-refractivity contribution in [3.63, 3.8) is 0 Å². The van der Waals surface area contributed by atoms with Gasteiger partial charge in [0, 0.05) is 29.4 Å². The van der Waals surface area contributed by atoms with E-state index in [0.717, 1.165) is 32.8 Å². The number of amides is 1. The Kier molecular flexibility index (Phi) is 6.94. The van der Waals surface area contributed by atoms with Crippen LogP contribution >= 0.6 is 11.9 Å². The number of hydrogen-bond acceptors (Lipinski definition) is 7. The van der Waals surface area contributed by atoms with Crippen LogP contribution < -0.4 is 4.31 Å². The first-order valence-corrected chi connectivity index (χ1v) is 14.3. The highest BCUT2D eigenvalue weighted by Gasteiger charge is 2.59. The molecule has 3 aromatic rings. The molecular weight excluding hydrogens is 524 g/mol. The van der Waals surface area contributed by atoms with Crippen LogP contribution in [0.5, 0.6) is 0 Å². The van der Waals surface area contributed by atoms with E-state index in [2.05, 4.69) is 40.7 Å². The molecule has 0 spiro atoms. The highest BCUT2D eigenvalue weighted by atomic mass is 32.2. The number of carbonyl (C=O) groups is 2. The van der Waals surface area contributed by atoms with Crippen LogP contribution in [0.4, 0.5) is 5.69 Å². The number of esters is 1. The summed E-state index contributed by atoms with van der Waals surface area (Å²) in [6.45, 7) is 4.27. The molecule has 0 aliphatic carbocycles. The number of hydrogen-bond donors (Lipinski definition) is 2. The molecule has 206 valence electrons. The molecule has 0 saturated carbocycles. The zero-order valence-corrected chi connectivity index (χ0v) is 23.5. The minimum Gasteiger partial charge on any atom is -0.464 e. The van der Waals surface area contributed by atoms with Crippen molar-refractivity contribution in [2.24, 2.45) is 11.8 Å². The van der Waals surface area contributed by atoms with Crippen LogP contribution in [0, 0.1) is 11.8 Å². The van der Waals surface area contributed by atoms with Gasteiger partial charge in [-0.15, -0.1) is 0 Å². The molecular formula is C32H32N2O5S. The van der Waals surface area contributed by atoms with E-state index in [-0.39, 0.29) is 30.2 Å². The van der Waals surface area contributed by atoms with Gasteiger partial charge >= 0.3 is 5.97 Å². The summed E-state index contributed by atoms with van der Waals surface area (Å²) >= 11 is 1.67. The van der Waals surface area contributed by atoms with E-state index in [1.54, 1.807) is 18.9 Å². The van der Waals surface area contributed by atoms with E-state index >= 15 is 0 Å². The second-order valence-corrected chi connectivity index (χ2v) is 11.6. The van der Waals surface area contributed by atoms with Crippen LogP contribution in [-0.4, -0.2) is 59.4 Å². The lowest BCUT2D eigenvalue weighted by atomic mass is 9.78. The van der Waals surface area contributed by atoms with Crippen molar-refractivity contribution in [1.82, 2.24) is 4.90 Å². The molecule has 3 aromatic carbocycles. The van der Waals surface area contributed by atoms with Crippen molar-refractivity contribution in [3.05, 3.63) is 83.6 Å². The van der Waals surface area contributed by atoms with Gasteiger partial charge in [-0.3, -0.25) is 4.79 Å². The lowest BCUT2D eigenvalue weighted by Crippen LogP contribution is -2.63. The third-order valence-corrected chi connectivity index (χ3v) is 9.41. The van der Waals surface area contributed by atoms with Gasteiger partial charge in [0.15, 0.2) is 0 Å². The zero-order valence-electron chi connectivity index (χ0n) is 22.7. The molecule has 3 heterocycles. The Morgan fingerprint density at radius 1 is 1.12 bits per heavy atom. The molecule has 6 rings (SSSR count). The van der Waals surface area contributed by atoms with Crippen LogP contribution in [0.3, 0.4) is 0 Å². The third kappa shape index (κ3) is 4.05. The topological polar surface area (TPSA) is 90.3 Å². The Balaban J connectivity index is 1.33. The number of fused-ring (bicyclic) bond motifs is 1. The van der Waals surface area contributed by atoms with Gasteiger partial charge in [0.1, 0.15) is 5.70 Å². The maximum absolute atomic E-state index is 12.8. The van der Waals surface area contributed by atoms with Crippen LogP contribution in [0.15, 0.2) is 82.9 Å². The van der Waals surface area contributed by atoms with Gasteiger partial charge in [0.25, 0.3) is 0 Å². The molecule has 4 unspecified atom stereocenters. The van der Waals surface area contributed by atoms with Gasteiger partial charge in [0.2, 0.25) is 5.91 Å². The number of allylic oxidation sites excluding steroid dienone is 1. The zero-order chi connectivity index (χ0) is 28.1. The SMILES string of the molecule is COC(=O)C1=C(/C=C/CN2Sc3ccc(CCO)c4c(-c5ccccc5)ccc2c34)C(C)C2C(C(C)O)C(=O)N12. The first-order valence-electron chi connectivity index (χ1n) is 13.6. The molecule has 0 radical (unpaired) electrons. The van der Waals surface area contributed by atoms with E-state index in [1.807, 2.05) is 37.3 Å². The minimum atomic E-state index is -0.782. The van der Waals surface area contributed by atoms with Crippen molar-refractivity contribution >= 4 is 40.3 Å². The second kappa shape index (κ2) is 10.4. The van der Waals surface area contributed by atoms with E-state index in [9.17, 15) is 19.8 Å². The summed E-state index contributed by atoms with van der Waals surface area (Å²) in [6.07, 6.45) is 3.75. The summed E-state index contributed by atoms with van der Waals surface area (Å²) < 4.78 is 7.25. The van der Waals surface area contributed by atoms with Gasteiger partial charge in [-0.1, -0.05) is 61.5 Å². The number of β-lactam (4-membered cyclic amide) rings is 1. The lowest BCUT2D eigenvalue weighted by molar-refractivity contribution is -0.163. The number of ether oxygens (including phenoxy) is 1. The highest BCUT2D eigenvalue weighted by molar-refractivity contribution is 8.01. The molecule has 1 amide bonds. The van der Waals surface area contributed by atoms with Crippen LogP contribution in [0.25, 0.3) is 21.9 Å². The number of benzene rings is 3. The lowest BCUT2D eigenvalue weighted by Gasteiger charge is -2.46. The Labute approximate surface area is 237 Å². The quantitative estimate of drug-likeness (QED) is 0.236. The number of nitrogens with zero attached hydrogens (tertiary/aromatic N) is 2. The van der Waals surface area contributed by atoms with Gasteiger partial charge in [-0.25, -0.2) is 4.79 Å². The van der Waals surface area contributed by atoms with E-state index in [0.29, 0.717) is 13.0 Å². The van der Waals surface area contributed by atoms with Crippen molar-refractivity contribution in [3.8, 4) is 11.1 Å². The smallest absolute Gasteiger partial charge is 0.355 e. The fourth-order valence-corrected chi connectivity index (χ4v) is 7.54. The van der Waals surface area contributed by atoms with Gasteiger partial charge < -0.3 is 24.2 Å². The molecule has 1 fully saturated rings. The molecule has 40 heavy (non-hydrogen) atoms. The molecule has 3 aliphatic rings. The highest BCUT2D eigenvalue weighted by Crippen LogP contribution is 2.50. The number of anilines is 1. The summed E-state index contributed by atoms with van der Waals surface area (Å²) in [7, 11) is 1.32. The van der Waals surface area contributed by atoms with Crippen LogP contribution in [-0.2, 0) is 20.7 Å². The van der Waals surface area contributed by atoms with Gasteiger partial charge in [0.05, 0.1) is 30.9 Å². The maximum Gasteiger partial charge on any atom is 0.355 e. The van der Waals surface area contributed by atoms with E-state index in [1.165, 1.54) is 22.8 Å². The molecule has 7 nitrogen and oxygen atoms in total. The second-order valence-electron chi connectivity index (χ2n) is 10.5. The Bertz CT molecular complexity index is 1560. The van der Waals surface area contributed by atoms with Gasteiger partial charge in [-0.2, -0.15) is 0 Å². The van der Waals surface area contributed by atoms with E-state index < -0.39 is 18.0 Å². The summed E-state index contributed by atoms with van der Waals surface area (Å²) in [5, 5.41) is 22.3. The van der Waals surface area contributed by atoms with Gasteiger partial charge in [-0.05, 0) is 65.1 Å². The number of rotatable bonds is 8. The predicted octanol–water partition coefficient (Wildman–Crippen LogP) is 4.71. The number of carbonyl (C=O) groups excluding carboxylic acids is 2. The molecule has 4 atom stereocenters. The fourth-order valence-electron chi connectivity index (χ4n) is 6.47. The molecule has 8 heteroatoms. The van der Waals surface area contributed by atoms with Crippen LogP contribution in [0.2, 0.25) is 0 Å². The molecule has 0 bridgehead atoms. The average Bonchev–Trinajstić information content (AvgIpc) is 3.43.